The Morgan fingerprint density at radius 1 is 1.47 bits per heavy atom. The number of aromatic nitrogens is 1. The molecule has 0 atom stereocenters. The zero-order valence-corrected chi connectivity index (χ0v) is 9.15. The largest absolute Gasteiger partial charge is 0.391 e. The maximum absolute atomic E-state index is 13.5. The maximum Gasteiger partial charge on any atom is 0.134 e. The summed E-state index contributed by atoms with van der Waals surface area (Å²) in [5.41, 5.74) is 0.407. The fourth-order valence-electron chi connectivity index (χ4n) is 1.17. The van der Waals surface area contributed by atoms with E-state index in [9.17, 15) is 4.39 Å². The standard InChI is InChI=1S/C10H7ClFNOS/c11-6-1-2-8(9(12)3-6)10-13-4-7(5-14)15-10/h1-4,14H,5H2. The van der Waals surface area contributed by atoms with Gasteiger partial charge in [-0.15, -0.1) is 11.3 Å². The van der Waals surface area contributed by atoms with E-state index < -0.39 is 5.82 Å². The highest BCUT2D eigenvalue weighted by atomic mass is 35.5. The van der Waals surface area contributed by atoms with Gasteiger partial charge in [-0.05, 0) is 18.2 Å². The molecule has 0 fully saturated rings. The number of aliphatic hydroxyl groups excluding tert-OH is 1. The molecule has 0 aliphatic heterocycles. The molecule has 0 bridgehead atoms. The average Bonchev–Trinajstić information content (AvgIpc) is 2.66. The smallest absolute Gasteiger partial charge is 0.134 e. The van der Waals surface area contributed by atoms with E-state index in [0.29, 0.717) is 20.5 Å². The second kappa shape index (κ2) is 4.26. The molecule has 2 rings (SSSR count). The lowest BCUT2D eigenvalue weighted by atomic mass is 10.2. The highest BCUT2D eigenvalue weighted by Crippen LogP contribution is 2.28. The molecule has 0 aliphatic rings. The van der Waals surface area contributed by atoms with Crippen molar-refractivity contribution in [2.75, 3.05) is 0 Å². The number of hydrogen-bond acceptors (Lipinski definition) is 3. The second-order valence-corrected chi connectivity index (χ2v) is 4.47. The summed E-state index contributed by atoms with van der Waals surface area (Å²) in [4.78, 5) is 4.73. The molecule has 0 saturated carbocycles. The molecule has 1 N–H and O–H groups in total. The highest BCUT2D eigenvalue weighted by molar-refractivity contribution is 7.15. The third-order valence-electron chi connectivity index (χ3n) is 1.87. The molecule has 15 heavy (non-hydrogen) atoms. The third-order valence-corrected chi connectivity index (χ3v) is 3.12. The Bertz CT molecular complexity index is 486. The van der Waals surface area contributed by atoms with Gasteiger partial charge in [-0.3, -0.25) is 0 Å². The van der Waals surface area contributed by atoms with Gasteiger partial charge in [-0.1, -0.05) is 11.6 Å². The summed E-state index contributed by atoms with van der Waals surface area (Å²) in [6.45, 7) is -0.0765. The lowest BCUT2D eigenvalue weighted by molar-refractivity contribution is 0.285. The normalized spacial score (nSPS) is 10.6. The summed E-state index contributed by atoms with van der Waals surface area (Å²) in [6, 6.07) is 4.44. The molecule has 78 valence electrons. The van der Waals surface area contributed by atoms with Crippen LogP contribution in [0.5, 0.6) is 0 Å². The number of rotatable bonds is 2. The average molecular weight is 244 g/mol. The van der Waals surface area contributed by atoms with Gasteiger partial charge in [0.05, 0.1) is 11.5 Å². The maximum atomic E-state index is 13.5. The zero-order valence-electron chi connectivity index (χ0n) is 7.58. The van der Waals surface area contributed by atoms with Crippen LogP contribution in [0.3, 0.4) is 0 Å². The predicted molar refractivity (Wildman–Crippen MR) is 58.4 cm³/mol. The number of halogens is 2. The van der Waals surface area contributed by atoms with E-state index in [1.807, 2.05) is 0 Å². The van der Waals surface area contributed by atoms with Crippen molar-refractivity contribution in [2.24, 2.45) is 0 Å². The van der Waals surface area contributed by atoms with Gasteiger partial charge in [0.1, 0.15) is 10.8 Å². The summed E-state index contributed by atoms with van der Waals surface area (Å²) in [5.74, 6) is -0.402. The summed E-state index contributed by atoms with van der Waals surface area (Å²) < 4.78 is 13.5. The van der Waals surface area contributed by atoms with Crippen molar-refractivity contribution < 1.29 is 9.50 Å². The minimum atomic E-state index is -0.402. The Morgan fingerprint density at radius 2 is 2.27 bits per heavy atom. The minimum Gasteiger partial charge on any atom is -0.391 e. The van der Waals surface area contributed by atoms with Crippen molar-refractivity contribution in [3.05, 3.63) is 40.1 Å². The Labute approximate surface area is 95.0 Å². The Hall–Kier alpha value is -0.970. The first-order valence-electron chi connectivity index (χ1n) is 4.21. The second-order valence-electron chi connectivity index (χ2n) is 2.91. The number of aliphatic hydroxyl groups is 1. The van der Waals surface area contributed by atoms with Gasteiger partial charge in [-0.25, -0.2) is 9.37 Å². The first-order chi connectivity index (χ1) is 7.20. The number of hydrogen-bond donors (Lipinski definition) is 1. The fourth-order valence-corrected chi connectivity index (χ4v) is 2.13. The van der Waals surface area contributed by atoms with E-state index in [1.54, 1.807) is 12.1 Å². The van der Waals surface area contributed by atoms with Crippen LogP contribution in [0.15, 0.2) is 24.4 Å². The summed E-state index contributed by atoms with van der Waals surface area (Å²) in [5, 5.41) is 9.77. The van der Waals surface area contributed by atoms with Crippen LogP contribution in [0.25, 0.3) is 10.6 Å². The Balaban J connectivity index is 2.44. The minimum absolute atomic E-state index is 0.0765. The predicted octanol–water partition coefficient (Wildman–Crippen LogP) is 3.09. The van der Waals surface area contributed by atoms with Crippen molar-refractivity contribution >= 4 is 22.9 Å². The summed E-state index contributed by atoms with van der Waals surface area (Å²) in [7, 11) is 0. The SMILES string of the molecule is OCc1cnc(-c2ccc(Cl)cc2F)s1. The van der Waals surface area contributed by atoms with Crippen LogP contribution in [-0.2, 0) is 6.61 Å². The van der Waals surface area contributed by atoms with Crippen LogP contribution in [0.4, 0.5) is 4.39 Å². The molecule has 1 aromatic carbocycles. The zero-order chi connectivity index (χ0) is 10.8. The highest BCUT2D eigenvalue weighted by Gasteiger charge is 2.09. The molecule has 1 heterocycles. The fraction of sp³-hybridized carbons (Fsp3) is 0.100. The van der Waals surface area contributed by atoms with Gasteiger partial charge < -0.3 is 5.11 Å². The molecule has 1 aromatic heterocycles. The van der Waals surface area contributed by atoms with Crippen LogP contribution in [0.2, 0.25) is 5.02 Å². The van der Waals surface area contributed by atoms with E-state index in [2.05, 4.69) is 4.98 Å². The van der Waals surface area contributed by atoms with E-state index >= 15 is 0 Å². The lowest BCUT2D eigenvalue weighted by Gasteiger charge is -1.98. The number of nitrogens with zero attached hydrogens (tertiary/aromatic N) is 1. The van der Waals surface area contributed by atoms with E-state index in [1.165, 1.54) is 23.6 Å². The van der Waals surface area contributed by atoms with Gasteiger partial charge in [0, 0.05) is 16.8 Å². The van der Waals surface area contributed by atoms with Gasteiger partial charge in [0.15, 0.2) is 0 Å². The summed E-state index contributed by atoms with van der Waals surface area (Å²) in [6.07, 6.45) is 1.54. The van der Waals surface area contributed by atoms with Crippen LogP contribution >= 0.6 is 22.9 Å². The lowest BCUT2D eigenvalue weighted by Crippen LogP contribution is -1.82. The molecule has 0 amide bonds. The van der Waals surface area contributed by atoms with Gasteiger partial charge in [-0.2, -0.15) is 0 Å². The first-order valence-corrected chi connectivity index (χ1v) is 5.41. The van der Waals surface area contributed by atoms with Gasteiger partial charge >= 0.3 is 0 Å². The van der Waals surface area contributed by atoms with Crippen molar-refractivity contribution in [1.82, 2.24) is 4.98 Å². The van der Waals surface area contributed by atoms with Crippen LogP contribution in [0, 0.1) is 5.82 Å². The Morgan fingerprint density at radius 3 is 2.87 bits per heavy atom. The molecule has 0 aliphatic carbocycles. The quantitative estimate of drug-likeness (QED) is 0.879. The topological polar surface area (TPSA) is 33.1 Å². The van der Waals surface area contributed by atoms with Crippen molar-refractivity contribution in [3.63, 3.8) is 0 Å². The summed E-state index contributed by atoms with van der Waals surface area (Å²) >= 11 is 6.90. The molecule has 2 nitrogen and oxygen atoms in total. The molecule has 0 radical (unpaired) electrons. The molecule has 0 saturated heterocycles. The molecular weight excluding hydrogens is 237 g/mol. The van der Waals surface area contributed by atoms with E-state index in [0.717, 1.165) is 0 Å². The van der Waals surface area contributed by atoms with Crippen LogP contribution < -0.4 is 0 Å². The molecule has 0 unspecified atom stereocenters. The van der Waals surface area contributed by atoms with E-state index in [4.69, 9.17) is 16.7 Å². The molecule has 5 heteroatoms. The first kappa shape index (κ1) is 10.5. The van der Waals surface area contributed by atoms with Crippen molar-refractivity contribution in [1.29, 1.82) is 0 Å². The van der Waals surface area contributed by atoms with E-state index in [-0.39, 0.29) is 6.61 Å². The van der Waals surface area contributed by atoms with Gasteiger partial charge in [0.2, 0.25) is 0 Å². The molecule has 0 spiro atoms. The third kappa shape index (κ3) is 2.17. The monoisotopic (exact) mass is 243 g/mol. The molecule has 2 aromatic rings. The van der Waals surface area contributed by atoms with Crippen molar-refractivity contribution in [3.8, 4) is 10.6 Å². The number of benzene rings is 1. The van der Waals surface area contributed by atoms with Crippen LogP contribution in [0.1, 0.15) is 4.88 Å². The number of thiazole rings is 1. The molecular formula is C10H7ClFNOS. The van der Waals surface area contributed by atoms with Crippen LogP contribution in [-0.4, -0.2) is 10.1 Å². The van der Waals surface area contributed by atoms with Crippen molar-refractivity contribution in [2.45, 2.75) is 6.61 Å². The van der Waals surface area contributed by atoms with Gasteiger partial charge in [0.25, 0.3) is 0 Å². The Kier molecular flexibility index (Phi) is 3.00.